The second-order valence-corrected chi connectivity index (χ2v) is 8.30. The molecule has 0 radical (unpaired) electrons. The van der Waals surface area contributed by atoms with Gasteiger partial charge in [-0.2, -0.15) is 0 Å². The lowest BCUT2D eigenvalue weighted by Crippen LogP contribution is -2.10. The Morgan fingerprint density at radius 3 is 2.51 bits per heavy atom. The number of carboxylic acid groups (broad SMARTS) is 1. The SMILES string of the molecule is NCc1nc(Nc2ccc(C(=O)O)cc2)nc2c1CN=C(c1ccccc1F)c1cc(Cl)ccc1-2. The predicted molar refractivity (Wildman–Crippen MR) is 133 cm³/mol. The Kier molecular flexibility index (Phi) is 5.98. The van der Waals surface area contributed by atoms with Crippen LogP contribution in [0.4, 0.5) is 16.0 Å². The van der Waals surface area contributed by atoms with Gasteiger partial charge in [0.2, 0.25) is 5.95 Å². The summed E-state index contributed by atoms with van der Waals surface area (Å²) in [6, 6.07) is 18.0. The topological polar surface area (TPSA) is 113 Å². The van der Waals surface area contributed by atoms with Crippen molar-refractivity contribution in [1.82, 2.24) is 9.97 Å². The maximum atomic E-state index is 14.8. The predicted octanol–water partition coefficient (Wildman–Crippen LogP) is 5.19. The van der Waals surface area contributed by atoms with Crippen LogP contribution < -0.4 is 11.1 Å². The summed E-state index contributed by atoms with van der Waals surface area (Å²) in [6.45, 7) is 0.358. The summed E-state index contributed by atoms with van der Waals surface area (Å²) in [5.74, 6) is -1.10. The molecule has 0 unspecified atom stereocenters. The van der Waals surface area contributed by atoms with E-state index in [9.17, 15) is 9.18 Å². The van der Waals surface area contributed by atoms with E-state index in [2.05, 4.69) is 10.3 Å². The lowest BCUT2D eigenvalue weighted by Gasteiger charge is -2.15. The molecule has 1 aliphatic heterocycles. The van der Waals surface area contributed by atoms with Gasteiger partial charge in [-0.05, 0) is 48.5 Å². The van der Waals surface area contributed by atoms with Crippen LogP contribution in [-0.4, -0.2) is 26.8 Å². The van der Waals surface area contributed by atoms with Crippen LogP contribution in [0.3, 0.4) is 0 Å². The van der Waals surface area contributed by atoms with Gasteiger partial charge in [-0.25, -0.2) is 19.2 Å². The average Bonchev–Trinajstić information content (AvgIpc) is 3.01. The van der Waals surface area contributed by atoms with Crippen LogP contribution in [-0.2, 0) is 13.1 Å². The van der Waals surface area contributed by atoms with E-state index in [-0.39, 0.29) is 24.5 Å². The van der Waals surface area contributed by atoms with Crippen molar-refractivity contribution in [3.8, 4) is 11.3 Å². The van der Waals surface area contributed by atoms with Crippen LogP contribution in [0.5, 0.6) is 0 Å². The van der Waals surface area contributed by atoms with Gasteiger partial charge in [0, 0.05) is 39.5 Å². The molecule has 0 saturated heterocycles. The van der Waals surface area contributed by atoms with Gasteiger partial charge < -0.3 is 16.2 Å². The van der Waals surface area contributed by atoms with E-state index in [1.54, 1.807) is 42.5 Å². The highest BCUT2D eigenvalue weighted by Gasteiger charge is 2.25. The number of aliphatic imine (C=N–C) groups is 1. The molecule has 9 heteroatoms. The van der Waals surface area contributed by atoms with E-state index >= 15 is 0 Å². The van der Waals surface area contributed by atoms with Crippen molar-refractivity contribution in [2.75, 3.05) is 5.32 Å². The second-order valence-electron chi connectivity index (χ2n) is 7.87. The molecule has 5 rings (SSSR count). The molecule has 1 aromatic heterocycles. The number of anilines is 2. The molecular weight excluding hydrogens is 469 g/mol. The van der Waals surface area contributed by atoms with E-state index in [1.165, 1.54) is 18.2 Å². The first-order valence-electron chi connectivity index (χ1n) is 10.7. The lowest BCUT2D eigenvalue weighted by molar-refractivity contribution is 0.0697. The minimum atomic E-state index is -1.01. The standard InChI is InChI=1S/C26H19ClFN5O2/c27-15-7-10-17-19(11-15)23(18-3-1-2-4-21(18)28)30-13-20-22(12-29)32-26(33-24(17)20)31-16-8-5-14(6-9-16)25(34)35/h1-11H,12-13,29H2,(H,34,35)(H,31,32,33). The van der Waals surface area contributed by atoms with E-state index in [0.29, 0.717) is 44.9 Å². The number of hydrogen-bond donors (Lipinski definition) is 3. The van der Waals surface area contributed by atoms with Crippen molar-refractivity contribution >= 4 is 34.9 Å². The number of carboxylic acids is 1. The van der Waals surface area contributed by atoms with Gasteiger partial charge in [0.15, 0.2) is 0 Å². The minimum Gasteiger partial charge on any atom is -0.478 e. The average molecular weight is 488 g/mol. The Morgan fingerprint density at radius 2 is 1.80 bits per heavy atom. The number of halogens is 2. The molecule has 0 bridgehead atoms. The molecular formula is C26H19ClFN5O2. The number of benzene rings is 3. The molecule has 3 aromatic carbocycles. The number of carbonyl (C=O) groups is 1. The summed E-state index contributed by atoms with van der Waals surface area (Å²) < 4.78 is 14.8. The van der Waals surface area contributed by atoms with Crippen molar-refractivity contribution in [3.05, 3.63) is 106 Å². The van der Waals surface area contributed by atoms with Crippen LogP contribution in [0.15, 0.2) is 71.7 Å². The molecule has 7 nitrogen and oxygen atoms in total. The number of nitrogens with one attached hydrogen (secondary N) is 1. The minimum absolute atomic E-state index is 0.144. The van der Waals surface area contributed by atoms with Crippen molar-refractivity contribution in [2.24, 2.45) is 10.7 Å². The summed E-state index contributed by atoms with van der Waals surface area (Å²) in [7, 11) is 0. The highest BCUT2D eigenvalue weighted by molar-refractivity contribution is 6.31. The normalized spacial score (nSPS) is 12.3. The summed E-state index contributed by atoms with van der Waals surface area (Å²) in [4.78, 5) is 25.2. The molecule has 35 heavy (non-hydrogen) atoms. The van der Waals surface area contributed by atoms with Crippen LogP contribution in [0.1, 0.15) is 32.7 Å². The molecule has 4 aromatic rings. The third-order valence-electron chi connectivity index (χ3n) is 5.69. The molecule has 174 valence electrons. The van der Waals surface area contributed by atoms with Gasteiger partial charge in [-0.3, -0.25) is 4.99 Å². The van der Waals surface area contributed by atoms with Crippen LogP contribution >= 0.6 is 11.6 Å². The second kappa shape index (κ2) is 9.25. The largest absolute Gasteiger partial charge is 0.478 e. The number of nitrogens with zero attached hydrogens (tertiary/aromatic N) is 3. The zero-order chi connectivity index (χ0) is 24.5. The van der Waals surface area contributed by atoms with Crippen molar-refractivity contribution in [3.63, 3.8) is 0 Å². The Balaban J connectivity index is 1.64. The van der Waals surface area contributed by atoms with E-state index in [4.69, 9.17) is 32.4 Å². The third kappa shape index (κ3) is 4.37. The van der Waals surface area contributed by atoms with Gasteiger partial charge >= 0.3 is 5.97 Å². The van der Waals surface area contributed by atoms with Crippen LogP contribution in [0, 0.1) is 5.82 Å². The third-order valence-corrected chi connectivity index (χ3v) is 5.93. The number of aromatic nitrogens is 2. The van der Waals surface area contributed by atoms with Gasteiger partial charge in [0.25, 0.3) is 0 Å². The summed E-state index contributed by atoms with van der Waals surface area (Å²) in [5.41, 5.74) is 11.0. The highest BCUT2D eigenvalue weighted by atomic mass is 35.5. The van der Waals surface area contributed by atoms with Gasteiger partial charge in [-0.1, -0.05) is 29.8 Å². The maximum absolute atomic E-state index is 14.8. The van der Waals surface area contributed by atoms with Gasteiger partial charge in [0.1, 0.15) is 5.82 Å². The number of hydrogen-bond acceptors (Lipinski definition) is 6. The summed E-state index contributed by atoms with van der Waals surface area (Å²) in [5, 5.41) is 12.7. The zero-order valence-electron chi connectivity index (χ0n) is 18.3. The fourth-order valence-corrected chi connectivity index (χ4v) is 4.19. The zero-order valence-corrected chi connectivity index (χ0v) is 19.1. The molecule has 4 N–H and O–H groups in total. The first-order valence-corrected chi connectivity index (χ1v) is 11.1. The molecule has 0 fully saturated rings. The maximum Gasteiger partial charge on any atom is 0.335 e. The fourth-order valence-electron chi connectivity index (χ4n) is 4.01. The molecule has 1 aliphatic rings. The lowest BCUT2D eigenvalue weighted by atomic mass is 9.94. The fraction of sp³-hybridized carbons (Fsp3) is 0.0769. The van der Waals surface area contributed by atoms with Crippen LogP contribution in [0.2, 0.25) is 5.02 Å². The number of rotatable bonds is 5. The highest BCUT2D eigenvalue weighted by Crippen LogP contribution is 2.35. The molecule has 0 amide bonds. The van der Waals surface area contributed by atoms with Crippen molar-refractivity contribution in [2.45, 2.75) is 13.1 Å². The van der Waals surface area contributed by atoms with E-state index < -0.39 is 5.97 Å². The monoisotopic (exact) mass is 487 g/mol. The Labute approximate surface area is 205 Å². The molecule has 0 saturated carbocycles. The number of aromatic carboxylic acids is 1. The molecule has 2 heterocycles. The smallest absolute Gasteiger partial charge is 0.335 e. The summed E-state index contributed by atoms with van der Waals surface area (Å²) >= 11 is 6.33. The van der Waals surface area contributed by atoms with Gasteiger partial charge in [0.05, 0.1) is 29.2 Å². The Hall–Kier alpha value is -4.14. The van der Waals surface area contributed by atoms with Crippen molar-refractivity contribution < 1.29 is 14.3 Å². The van der Waals surface area contributed by atoms with E-state index in [1.807, 2.05) is 6.07 Å². The Bertz CT molecular complexity index is 1490. The molecule has 0 atom stereocenters. The molecule has 0 aliphatic carbocycles. The first kappa shape index (κ1) is 22.6. The summed E-state index contributed by atoms with van der Waals surface area (Å²) in [6.07, 6.45) is 0. The van der Waals surface area contributed by atoms with Crippen molar-refractivity contribution in [1.29, 1.82) is 0 Å². The van der Waals surface area contributed by atoms with Crippen LogP contribution in [0.25, 0.3) is 11.3 Å². The van der Waals surface area contributed by atoms with Gasteiger partial charge in [-0.15, -0.1) is 0 Å². The Morgan fingerprint density at radius 1 is 1.03 bits per heavy atom. The number of nitrogens with two attached hydrogens (primary N) is 1. The molecule has 0 spiro atoms. The number of fused-ring (bicyclic) bond motifs is 3. The first-order chi connectivity index (χ1) is 16.9. The quantitative estimate of drug-likeness (QED) is 0.357. The van der Waals surface area contributed by atoms with E-state index in [0.717, 1.165) is 11.1 Å².